The van der Waals surface area contributed by atoms with Crippen molar-refractivity contribution in [3.8, 4) is 5.75 Å². The number of hydrogen-bond acceptors (Lipinski definition) is 4. The molecule has 0 saturated carbocycles. The Morgan fingerprint density at radius 1 is 1.14 bits per heavy atom. The molecule has 0 radical (unpaired) electrons. The number of rotatable bonds is 4. The normalized spacial score (nSPS) is 12.4. The quantitative estimate of drug-likeness (QED) is 0.842. The van der Waals surface area contributed by atoms with Crippen molar-refractivity contribution in [3.05, 3.63) is 64.7 Å². The Morgan fingerprint density at radius 3 is 2.64 bits per heavy atom. The standard InChI is InChI=1S/C17H14O5/c1-21-14-5-3-2-4-11(14)8-10-6-7-12-13(9-10)15(18)16(12)22-17(19)20/h2-7,9,18H,8H2,1H3,(H,19,20). The molecule has 0 aromatic heterocycles. The molecule has 0 spiro atoms. The van der Waals surface area contributed by atoms with Crippen LogP contribution in [0, 0.1) is 0 Å². The van der Waals surface area contributed by atoms with E-state index in [1.807, 2.05) is 36.4 Å². The van der Waals surface area contributed by atoms with Crippen LogP contribution in [0.3, 0.4) is 0 Å². The molecule has 0 amide bonds. The maximum atomic E-state index is 10.6. The average Bonchev–Trinajstić information content (AvgIpc) is 2.53. The van der Waals surface area contributed by atoms with Crippen molar-refractivity contribution in [2.75, 3.05) is 7.11 Å². The van der Waals surface area contributed by atoms with Gasteiger partial charge in [0.05, 0.1) is 7.11 Å². The number of methoxy groups -OCH3 is 1. The van der Waals surface area contributed by atoms with Crippen LogP contribution in [-0.2, 0) is 11.2 Å². The van der Waals surface area contributed by atoms with Gasteiger partial charge < -0.3 is 19.7 Å². The molecule has 3 rings (SSSR count). The summed E-state index contributed by atoms with van der Waals surface area (Å²) in [5.41, 5.74) is 3.23. The minimum absolute atomic E-state index is 0.00587. The van der Waals surface area contributed by atoms with Crippen molar-refractivity contribution >= 4 is 17.7 Å². The number of para-hydroxylation sites is 1. The van der Waals surface area contributed by atoms with Gasteiger partial charge in [0.15, 0.2) is 11.5 Å². The number of carbonyl (C=O) groups is 1. The molecule has 2 aromatic rings. The van der Waals surface area contributed by atoms with Gasteiger partial charge >= 0.3 is 6.16 Å². The summed E-state index contributed by atoms with van der Waals surface area (Å²) in [6, 6.07) is 13.2. The second kappa shape index (κ2) is 5.44. The highest BCUT2D eigenvalue weighted by molar-refractivity contribution is 5.99. The number of hydrogen-bond donors (Lipinski definition) is 2. The first-order valence-electron chi connectivity index (χ1n) is 6.69. The van der Waals surface area contributed by atoms with Gasteiger partial charge in [0, 0.05) is 17.5 Å². The van der Waals surface area contributed by atoms with Crippen LogP contribution in [0.1, 0.15) is 22.3 Å². The molecule has 1 aliphatic carbocycles. The lowest BCUT2D eigenvalue weighted by molar-refractivity contribution is 0.133. The van der Waals surface area contributed by atoms with Gasteiger partial charge in [-0.2, -0.15) is 0 Å². The Balaban J connectivity index is 1.85. The van der Waals surface area contributed by atoms with Crippen molar-refractivity contribution in [2.45, 2.75) is 6.42 Å². The maximum absolute atomic E-state index is 10.6. The monoisotopic (exact) mass is 298 g/mol. The number of fused-ring (bicyclic) bond motifs is 1. The van der Waals surface area contributed by atoms with Crippen LogP contribution in [-0.4, -0.2) is 23.5 Å². The molecule has 0 fully saturated rings. The van der Waals surface area contributed by atoms with E-state index in [1.54, 1.807) is 13.2 Å². The third kappa shape index (κ3) is 2.37. The summed E-state index contributed by atoms with van der Waals surface area (Å²) in [6.45, 7) is 0. The summed E-state index contributed by atoms with van der Waals surface area (Å²) in [6.07, 6.45) is -0.787. The Kier molecular flexibility index (Phi) is 3.47. The fraction of sp³-hybridized carbons (Fsp3) is 0.118. The molecule has 0 aliphatic heterocycles. The maximum Gasteiger partial charge on any atom is 0.511 e. The largest absolute Gasteiger partial charge is 0.511 e. The molecule has 0 bridgehead atoms. The highest BCUT2D eigenvalue weighted by Crippen LogP contribution is 2.40. The molecule has 1 aliphatic rings. The Morgan fingerprint density at radius 2 is 1.91 bits per heavy atom. The van der Waals surface area contributed by atoms with E-state index in [2.05, 4.69) is 4.74 Å². The highest BCUT2D eigenvalue weighted by Gasteiger charge is 2.29. The van der Waals surface area contributed by atoms with Crippen molar-refractivity contribution in [2.24, 2.45) is 0 Å². The second-order valence-corrected chi connectivity index (χ2v) is 4.91. The minimum Gasteiger partial charge on any atom is -0.504 e. The number of ether oxygens (including phenoxy) is 2. The fourth-order valence-electron chi connectivity index (χ4n) is 2.54. The van der Waals surface area contributed by atoms with Crippen LogP contribution in [0.25, 0.3) is 11.5 Å². The molecule has 2 aromatic carbocycles. The van der Waals surface area contributed by atoms with Gasteiger partial charge in [0.2, 0.25) is 0 Å². The van der Waals surface area contributed by atoms with Gasteiger partial charge in [-0.1, -0.05) is 30.3 Å². The Bertz CT molecular complexity index is 776. The zero-order valence-electron chi connectivity index (χ0n) is 11.9. The minimum atomic E-state index is -1.44. The van der Waals surface area contributed by atoms with Crippen molar-refractivity contribution in [1.82, 2.24) is 0 Å². The van der Waals surface area contributed by atoms with Gasteiger partial charge in [-0.05, 0) is 23.3 Å². The van der Waals surface area contributed by atoms with E-state index >= 15 is 0 Å². The Hall–Kier alpha value is -2.95. The summed E-state index contributed by atoms with van der Waals surface area (Å²) in [7, 11) is 1.63. The number of benzene rings is 2. The zero-order chi connectivity index (χ0) is 15.7. The molecule has 112 valence electrons. The molecule has 0 unspecified atom stereocenters. The third-order valence-corrected chi connectivity index (χ3v) is 3.58. The van der Waals surface area contributed by atoms with E-state index in [-0.39, 0.29) is 11.5 Å². The number of aliphatic hydroxyl groups excluding tert-OH is 1. The number of aliphatic hydroxyl groups is 1. The van der Waals surface area contributed by atoms with Gasteiger partial charge in [-0.25, -0.2) is 4.79 Å². The summed E-state index contributed by atoms with van der Waals surface area (Å²) < 4.78 is 9.87. The first-order chi connectivity index (χ1) is 10.6. The summed E-state index contributed by atoms with van der Waals surface area (Å²) >= 11 is 0. The molecule has 22 heavy (non-hydrogen) atoms. The van der Waals surface area contributed by atoms with E-state index in [0.717, 1.165) is 16.9 Å². The van der Waals surface area contributed by atoms with Crippen LogP contribution < -0.4 is 4.74 Å². The molecule has 5 nitrogen and oxygen atoms in total. The van der Waals surface area contributed by atoms with E-state index in [1.165, 1.54) is 0 Å². The number of carboxylic acid groups (broad SMARTS) is 1. The fourth-order valence-corrected chi connectivity index (χ4v) is 2.54. The average molecular weight is 298 g/mol. The van der Waals surface area contributed by atoms with E-state index in [4.69, 9.17) is 9.84 Å². The van der Waals surface area contributed by atoms with Gasteiger partial charge in [0.25, 0.3) is 0 Å². The Labute approximate surface area is 127 Å². The smallest absolute Gasteiger partial charge is 0.504 e. The molecular formula is C17H14O5. The van der Waals surface area contributed by atoms with Gasteiger partial charge in [-0.15, -0.1) is 0 Å². The van der Waals surface area contributed by atoms with E-state index in [0.29, 0.717) is 17.5 Å². The lowest BCUT2D eigenvalue weighted by Gasteiger charge is -2.22. The van der Waals surface area contributed by atoms with E-state index in [9.17, 15) is 9.90 Å². The van der Waals surface area contributed by atoms with Gasteiger partial charge in [0.1, 0.15) is 5.75 Å². The highest BCUT2D eigenvalue weighted by atomic mass is 16.7. The van der Waals surface area contributed by atoms with Crippen molar-refractivity contribution in [1.29, 1.82) is 0 Å². The van der Waals surface area contributed by atoms with Gasteiger partial charge in [-0.3, -0.25) is 0 Å². The molecule has 0 saturated heterocycles. The predicted molar refractivity (Wildman–Crippen MR) is 80.8 cm³/mol. The molecule has 0 atom stereocenters. The van der Waals surface area contributed by atoms with Crippen molar-refractivity contribution in [3.63, 3.8) is 0 Å². The second-order valence-electron chi connectivity index (χ2n) is 4.91. The van der Waals surface area contributed by atoms with Crippen LogP contribution in [0.5, 0.6) is 5.75 Å². The summed E-state index contributed by atoms with van der Waals surface area (Å²) in [5.74, 6) is 0.686. The van der Waals surface area contributed by atoms with Crippen molar-refractivity contribution < 1.29 is 24.5 Å². The first kappa shape index (κ1) is 14.0. The molecular weight excluding hydrogens is 284 g/mol. The van der Waals surface area contributed by atoms with Crippen LogP contribution in [0.4, 0.5) is 4.79 Å². The lowest BCUT2D eigenvalue weighted by Crippen LogP contribution is -2.12. The lowest BCUT2D eigenvalue weighted by atomic mass is 9.89. The first-order valence-corrected chi connectivity index (χ1v) is 6.69. The van der Waals surface area contributed by atoms with Crippen LogP contribution in [0.15, 0.2) is 42.5 Å². The van der Waals surface area contributed by atoms with Crippen LogP contribution in [0.2, 0.25) is 0 Å². The summed E-state index contributed by atoms with van der Waals surface area (Å²) in [5, 5.41) is 18.5. The molecule has 5 heteroatoms. The molecule has 0 heterocycles. The zero-order valence-corrected chi connectivity index (χ0v) is 11.9. The van der Waals surface area contributed by atoms with E-state index < -0.39 is 6.16 Å². The topological polar surface area (TPSA) is 76.0 Å². The SMILES string of the molecule is COc1ccccc1Cc1ccc2c(c1)C(O)=C2OC(=O)O. The van der Waals surface area contributed by atoms with Crippen LogP contribution >= 0.6 is 0 Å². The summed E-state index contributed by atoms with van der Waals surface area (Å²) in [4.78, 5) is 10.6. The molecule has 2 N–H and O–H groups in total. The third-order valence-electron chi connectivity index (χ3n) is 3.58. The predicted octanol–water partition coefficient (Wildman–Crippen LogP) is 3.68.